The van der Waals surface area contributed by atoms with Gasteiger partial charge in [0.15, 0.2) is 11.6 Å². The number of H-pyrrole nitrogens is 1. The molecule has 0 spiro atoms. The molecular weight excluding hydrogens is 418 g/mol. The van der Waals surface area contributed by atoms with Crippen LogP contribution in [0.15, 0.2) is 42.7 Å². The highest BCUT2D eigenvalue weighted by atomic mass is 35.5. The Balaban J connectivity index is 1.75. The van der Waals surface area contributed by atoms with Crippen LogP contribution in [0.4, 0.5) is 10.1 Å². The molecule has 2 N–H and O–H groups in total. The summed E-state index contributed by atoms with van der Waals surface area (Å²) in [5.74, 6) is -2.05. The largest absolute Gasteiger partial charge is 0.356 e. The van der Waals surface area contributed by atoms with Crippen LogP contribution in [0.3, 0.4) is 0 Å². The number of anilines is 1. The number of carbonyl (C=O) groups is 2. The van der Waals surface area contributed by atoms with Crippen molar-refractivity contribution in [1.29, 1.82) is 0 Å². The maximum absolute atomic E-state index is 14.2. The summed E-state index contributed by atoms with van der Waals surface area (Å²) >= 11 is 11.7. The van der Waals surface area contributed by atoms with Crippen LogP contribution in [0.25, 0.3) is 0 Å². The molecule has 0 unspecified atom stereocenters. The van der Waals surface area contributed by atoms with Gasteiger partial charge < -0.3 is 15.2 Å². The number of halogens is 3. The van der Waals surface area contributed by atoms with Gasteiger partial charge in [-0.25, -0.2) is 4.39 Å². The molecule has 1 aromatic carbocycles. The number of benzene rings is 1. The van der Waals surface area contributed by atoms with Crippen LogP contribution in [0.2, 0.25) is 10.0 Å². The number of ketones is 1. The van der Waals surface area contributed by atoms with Crippen LogP contribution in [-0.2, 0) is 6.54 Å². The molecule has 29 heavy (non-hydrogen) atoms. The van der Waals surface area contributed by atoms with Gasteiger partial charge in [-0.15, -0.1) is 0 Å². The average Bonchev–Trinajstić information content (AvgIpc) is 3.16. The lowest BCUT2D eigenvalue weighted by molar-refractivity contribution is 0.102. The van der Waals surface area contributed by atoms with Crippen molar-refractivity contribution in [2.45, 2.75) is 6.54 Å². The van der Waals surface area contributed by atoms with Crippen LogP contribution < -0.4 is 5.32 Å². The molecule has 0 saturated carbocycles. The maximum Gasteiger partial charge on any atom is 0.272 e. The fourth-order valence-corrected chi connectivity index (χ4v) is 3.04. The Kier molecular flexibility index (Phi) is 6.32. The molecule has 0 aliphatic carbocycles. The molecule has 1 amide bonds. The second-order valence-electron chi connectivity index (χ2n) is 6.58. The summed E-state index contributed by atoms with van der Waals surface area (Å²) in [6.45, 7) is 0.680. The zero-order valence-electron chi connectivity index (χ0n) is 15.6. The van der Waals surface area contributed by atoms with E-state index in [1.165, 1.54) is 24.4 Å². The molecule has 0 atom stereocenters. The Morgan fingerprint density at radius 3 is 2.55 bits per heavy atom. The number of nitrogens with one attached hydrogen (secondary N) is 2. The third kappa shape index (κ3) is 4.82. The molecule has 150 valence electrons. The monoisotopic (exact) mass is 434 g/mol. The van der Waals surface area contributed by atoms with Gasteiger partial charge >= 0.3 is 0 Å². The van der Waals surface area contributed by atoms with Gasteiger partial charge in [-0.1, -0.05) is 23.2 Å². The highest BCUT2D eigenvalue weighted by Gasteiger charge is 2.22. The summed E-state index contributed by atoms with van der Waals surface area (Å²) in [6.07, 6.45) is 2.86. The molecule has 0 saturated heterocycles. The molecule has 0 bridgehead atoms. The predicted molar refractivity (Wildman–Crippen MR) is 110 cm³/mol. The van der Waals surface area contributed by atoms with E-state index in [1.54, 1.807) is 12.3 Å². The van der Waals surface area contributed by atoms with Crippen molar-refractivity contribution in [2.75, 3.05) is 19.4 Å². The molecule has 9 heteroatoms. The number of hydrogen-bond donors (Lipinski definition) is 2. The molecule has 0 radical (unpaired) electrons. The van der Waals surface area contributed by atoms with Crippen molar-refractivity contribution >= 4 is 40.6 Å². The first-order chi connectivity index (χ1) is 13.8. The lowest BCUT2D eigenvalue weighted by Crippen LogP contribution is -2.14. The maximum atomic E-state index is 14.2. The molecule has 2 heterocycles. The third-order valence-corrected chi connectivity index (χ3v) is 4.63. The first-order valence-corrected chi connectivity index (χ1v) is 9.29. The number of carbonyl (C=O) groups excluding carboxylic acids is 2. The van der Waals surface area contributed by atoms with Crippen molar-refractivity contribution in [2.24, 2.45) is 0 Å². The standard InChI is InChI=1S/C20H17Cl2FN4O2/c1-27(2)10-13-4-3-12(9-24-13)26-20(29)16-7-11(8-25-16)19(28)17-14(21)5-6-15(22)18(17)23/h3-9,25H,10H2,1-2H3,(H,26,29). The highest BCUT2D eigenvalue weighted by Crippen LogP contribution is 2.28. The molecule has 3 aromatic rings. The zero-order chi connectivity index (χ0) is 21.1. The number of rotatable bonds is 6. The average molecular weight is 435 g/mol. The second kappa shape index (κ2) is 8.73. The van der Waals surface area contributed by atoms with Crippen LogP contribution in [0, 0.1) is 5.82 Å². The normalized spacial score (nSPS) is 11.0. The van der Waals surface area contributed by atoms with Crippen molar-refractivity contribution < 1.29 is 14.0 Å². The molecule has 0 aliphatic heterocycles. The Labute approximate surface area is 176 Å². The van der Waals surface area contributed by atoms with Crippen molar-refractivity contribution in [3.05, 3.63) is 81.1 Å². The Morgan fingerprint density at radius 1 is 1.17 bits per heavy atom. The van der Waals surface area contributed by atoms with Gasteiger partial charge in [0.2, 0.25) is 0 Å². The van der Waals surface area contributed by atoms with E-state index in [0.29, 0.717) is 12.2 Å². The molecular formula is C20H17Cl2FN4O2. The molecule has 0 fully saturated rings. The van der Waals surface area contributed by atoms with Crippen LogP contribution >= 0.6 is 23.2 Å². The first-order valence-electron chi connectivity index (χ1n) is 8.54. The Hall–Kier alpha value is -2.74. The van der Waals surface area contributed by atoms with E-state index in [9.17, 15) is 14.0 Å². The first kappa shape index (κ1) is 21.0. The van der Waals surface area contributed by atoms with Crippen LogP contribution in [-0.4, -0.2) is 40.7 Å². The van der Waals surface area contributed by atoms with E-state index in [4.69, 9.17) is 23.2 Å². The van der Waals surface area contributed by atoms with Gasteiger partial charge in [0.1, 0.15) is 5.69 Å². The lowest BCUT2D eigenvalue weighted by atomic mass is 10.0. The molecule has 3 rings (SSSR count). The number of pyridine rings is 1. The van der Waals surface area contributed by atoms with E-state index in [2.05, 4.69) is 15.3 Å². The topological polar surface area (TPSA) is 78.1 Å². The quantitative estimate of drug-likeness (QED) is 0.445. The van der Waals surface area contributed by atoms with Gasteiger partial charge in [-0.05, 0) is 44.4 Å². The number of hydrogen-bond acceptors (Lipinski definition) is 4. The zero-order valence-corrected chi connectivity index (χ0v) is 17.1. The van der Waals surface area contributed by atoms with Crippen molar-refractivity contribution in [3.63, 3.8) is 0 Å². The Bertz CT molecular complexity index is 1060. The van der Waals surface area contributed by atoms with Crippen molar-refractivity contribution in [3.8, 4) is 0 Å². The van der Waals surface area contributed by atoms with E-state index < -0.39 is 17.5 Å². The Morgan fingerprint density at radius 2 is 1.90 bits per heavy atom. The number of nitrogens with zero attached hydrogens (tertiary/aromatic N) is 2. The minimum Gasteiger partial charge on any atom is -0.356 e. The van der Waals surface area contributed by atoms with E-state index in [1.807, 2.05) is 25.1 Å². The summed E-state index contributed by atoms with van der Waals surface area (Å²) in [4.78, 5) is 34.0. The van der Waals surface area contributed by atoms with E-state index in [-0.39, 0.29) is 26.9 Å². The third-order valence-electron chi connectivity index (χ3n) is 4.02. The highest BCUT2D eigenvalue weighted by molar-refractivity contribution is 6.37. The van der Waals surface area contributed by atoms with Crippen LogP contribution in [0.1, 0.15) is 32.1 Å². The summed E-state index contributed by atoms with van der Waals surface area (Å²) in [5, 5.41) is 2.41. The van der Waals surface area contributed by atoms with E-state index >= 15 is 0 Å². The fraction of sp³-hybridized carbons (Fsp3) is 0.150. The van der Waals surface area contributed by atoms with E-state index in [0.717, 1.165) is 5.69 Å². The lowest BCUT2D eigenvalue weighted by Gasteiger charge is -2.09. The van der Waals surface area contributed by atoms with Gasteiger partial charge in [0.05, 0.1) is 33.2 Å². The second-order valence-corrected chi connectivity index (χ2v) is 7.39. The van der Waals surface area contributed by atoms with Gasteiger partial charge in [-0.2, -0.15) is 0 Å². The molecule has 6 nitrogen and oxygen atoms in total. The summed E-state index contributed by atoms with van der Waals surface area (Å²) in [7, 11) is 3.87. The summed E-state index contributed by atoms with van der Waals surface area (Å²) in [6, 6.07) is 7.47. The fourth-order valence-electron chi connectivity index (χ4n) is 2.65. The van der Waals surface area contributed by atoms with Gasteiger partial charge in [0, 0.05) is 18.3 Å². The number of aromatic nitrogens is 2. The minimum absolute atomic E-state index is 0.0620. The number of amides is 1. The predicted octanol–water partition coefficient (Wildman–Crippen LogP) is 4.40. The molecule has 0 aliphatic rings. The minimum atomic E-state index is -0.903. The summed E-state index contributed by atoms with van der Waals surface area (Å²) in [5.41, 5.74) is 1.23. The molecule has 2 aromatic heterocycles. The number of aromatic amines is 1. The van der Waals surface area contributed by atoms with Gasteiger partial charge in [0.25, 0.3) is 5.91 Å². The SMILES string of the molecule is CN(C)Cc1ccc(NC(=O)c2cc(C(=O)c3c(Cl)ccc(Cl)c3F)c[nH]2)cn1. The summed E-state index contributed by atoms with van der Waals surface area (Å²) < 4.78 is 14.2. The van der Waals surface area contributed by atoms with Crippen LogP contribution in [0.5, 0.6) is 0 Å². The van der Waals surface area contributed by atoms with Gasteiger partial charge in [-0.3, -0.25) is 14.6 Å². The smallest absolute Gasteiger partial charge is 0.272 e. The van der Waals surface area contributed by atoms with Crippen molar-refractivity contribution in [1.82, 2.24) is 14.9 Å².